The van der Waals surface area contributed by atoms with Crippen molar-refractivity contribution in [3.05, 3.63) is 54.1 Å². The lowest BCUT2D eigenvalue weighted by molar-refractivity contribution is -0.139. The van der Waals surface area contributed by atoms with Gasteiger partial charge >= 0.3 is 7.82 Å². The highest BCUT2D eigenvalue weighted by molar-refractivity contribution is 7.46. The molecule has 1 heterocycles. The van der Waals surface area contributed by atoms with Gasteiger partial charge in [-0.25, -0.2) is 9.55 Å². The zero-order valence-corrected chi connectivity index (χ0v) is 39.4. The van der Waals surface area contributed by atoms with Crippen LogP contribution in [0.2, 0.25) is 0 Å². The third-order valence-electron chi connectivity index (χ3n) is 9.74. The van der Waals surface area contributed by atoms with E-state index in [0.717, 1.165) is 32.6 Å². The SMILES string of the molecule is CC(C)C[C@H](NC(=O)CN(CCCCCCc1ccccc1)C(=O)CCOC(C)COC(C)(C)C)C(=O)N[C@@H](Cc1cnc[nH]1)C(=O)N[C@@H](C)C(=O)N[C@H](C(N)=O)[C@@H](C)OP(=O)(O)O. The summed E-state index contributed by atoms with van der Waals surface area (Å²) in [6, 6.07) is 4.72. The van der Waals surface area contributed by atoms with Crippen molar-refractivity contribution < 1.29 is 57.1 Å². The number of carbonyl (C=O) groups excluding carboxylic acids is 6. The van der Waals surface area contributed by atoms with E-state index in [0.29, 0.717) is 25.3 Å². The zero-order chi connectivity index (χ0) is 48.0. The van der Waals surface area contributed by atoms with Crippen LogP contribution in [0.3, 0.4) is 0 Å². The Labute approximate surface area is 376 Å². The molecule has 6 amide bonds. The number of nitrogens with one attached hydrogen (secondary N) is 5. The first kappa shape index (κ1) is 55.4. The number of ether oxygens (including phenoxy) is 2. The number of benzene rings is 1. The van der Waals surface area contributed by atoms with Gasteiger partial charge in [-0.3, -0.25) is 33.3 Å². The number of phosphoric acid groups is 1. The second-order valence-corrected chi connectivity index (χ2v) is 18.5. The minimum atomic E-state index is -5.06. The average molecular weight is 923 g/mol. The van der Waals surface area contributed by atoms with Crippen molar-refractivity contribution in [3.8, 4) is 0 Å². The number of unbranched alkanes of at least 4 members (excludes halogenated alkanes) is 3. The summed E-state index contributed by atoms with van der Waals surface area (Å²) < 4.78 is 27.5. The standard InChI is InChI=1S/C43H71N8O12P/c1-28(2)22-34(42(57)49-35(23-33-24-45-27-46-33)41(56)47-30(4)40(55)50-38(39(44)54)31(5)63-64(58,59)60)48-36(52)25-51(20-15-10-9-12-16-32-17-13-11-14-18-32)37(53)19-21-61-29(3)26-62-43(6,7)8/h11,13-14,17-18,24,27-31,34-35,38H,9-10,12,15-16,19-23,25-26H2,1-8H3,(H2,44,54)(H,45,46)(H,47,56)(H,48,52)(H,49,57)(H,50,55)(H2,58,59,60)/t29?,30-,31+,34-,35-,38-/m0/s1. The number of carbonyl (C=O) groups is 6. The van der Waals surface area contributed by atoms with Crippen molar-refractivity contribution in [2.24, 2.45) is 11.7 Å². The number of aromatic amines is 1. The van der Waals surface area contributed by atoms with E-state index in [1.807, 2.05) is 59.7 Å². The molecular formula is C43H71N8O12P. The summed E-state index contributed by atoms with van der Waals surface area (Å²) in [5.74, 6) is -4.58. The summed E-state index contributed by atoms with van der Waals surface area (Å²) in [6.07, 6.45) is 5.47. The first-order valence-electron chi connectivity index (χ1n) is 21.7. The molecule has 0 radical (unpaired) electrons. The van der Waals surface area contributed by atoms with Gasteiger partial charge in [-0.1, -0.05) is 57.0 Å². The van der Waals surface area contributed by atoms with Gasteiger partial charge in [0.1, 0.15) is 24.2 Å². The van der Waals surface area contributed by atoms with Crippen molar-refractivity contribution in [2.45, 2.75) is 149 Å². The highest BCUT2D eigenvalue weighted by Crippen LogP contribution is 2.38. The van der Waals surface area contributed by atoms with E-state index in [9.17, 15) is 33.3 Å². The molecule has 64 heavy (non-hydrogen) atoms. The molecule has 20 nitrogen and oxygen atoms in total. The summed E-state index contributed by atoms with van der Waals surface area (Å²) in [4.78, 5) is 107. The molecule has 0 aliphatic carbocycles. The maximum absolute atomic E-state index is 14.0. The highest BCUT2D eigenvalue weighted by Gasteiger charge is 2.34. The van der Waals surface area contributed by atoms with Crippen LogP contribution in [0.5, 0.6) is 0 Å². The molecule has 2 rings (SSSR count). The number of rotatable bonds is 30. The fourth-order valence-electron chi connectivity index (χ4n) is 6.41. The molecule has 0 aliphatic heterocycles. The van der Waals surface area contributed by atoms with Crippen LogP contribution in [-0.2, 0) is 60.2 Å². The summed E-state index contributed by atoms with van der Waals surface area (Å²) in [5, 5.41) is 10.1. The zero-order valence-electron chi connectivity index (χ0n) is 38.5. The van der Waals surface area contributed by atoms with E-state index in [1.165, 1.54) is 29.9 Å². The molecule has 0 saturated heterocycles. The second-order valence-electron chi connectivity index (χ2n) is 17.3. The summed E-state index contributed by atoms with van der Waals surface area (Å²) in [7, 11) is -5.06. The lowest BCUT2D eigenvalue weighted by atomic mass is 10.0. The topological polar surface area (TPSA) is 294 Å². The van der Waals surface area contributed by atoms with Crippen LogP contribution >= 0.6 is 7.82 Å². The molecule has 1 unspecified atom stereocenters. The highest BCUT2D eigenvalue weighted by atomic mass is 31.2. The van der Waals surface area contributed by atoms with Crippen LogP contribution in [0.15, 0.2) is 42.9 Å². The Morgan fingerprint density at radius 2 is 1.53 bits per heavy atom. The maximum Gasteiger partial charge on any atom is 0.469 e. The Bertz CT molecular complexity index is 1810. The van der Waals surface area contributed by atoms with E-state index < -0.39 is 67.6 Å². The lowest BCUT2D eigenvalue weighted by Crippen LogP contribution is -2.59. The van der Waals surface area contributed by atoms with Crippen LogP contribution < -0.4 is 27.0 Å². The Kier molecular flexibility index (Phi) is 23.9. The predicted molar refractivity (Wildman–Crippen MR) is 238 cm³/mol. The van der Waals surface area contributed by atoms with Gasteiger partial charge in [0.2, 0.25) is 35.4 Å². The molecule has 2 aromatic rings. The monoisotopic (exact) mass is 922 g/mol. The van der Waals surface area contributed by atoms with Gasteiger partial charge in [-0.15, -0.1) is 0 Å². The number of hydrogen-bond acceptors (Lipinski definition) is 11. The van der Waals surface area contributed by atoms with E-state index in [1.54, 1.807) is 0 Å². The number of nitrogens with two attached hydrogens (primary N) is 1. The van der Waals surface area contributed by atoms with Crippen molar-refractivity contribution in [1.82, 2.24) is 36.1 Å². The van der Waals surface area contributed by atoms with Gasteiger partial charge in [-0.05, 0) is 78.7 Å². The minimum Gasteiger partial charge on any atom is -0.376 e. The normalized spacial score (nSPS) is 14.7. The fraction of sp³-hybridized carbons (Fsp3) is 0.651. The second kappa shape index (κ2) is 27.6. The third kappa shape index (κ3) is 23.3. The van der Waals surface area contributed by atoms with Crippen LogP contribution in [0.25, 0.3) is 0 Å². The molecular weight excluding hydrogens is 851 g/mol. The Morgan fingerprint density at radius 1 is 0.875 bits per heavy atom. The molecule has 0 fully saturated rings. The molecule has 6 atom stereocenters. The predicted octanol–water partition coefficient (Wildman–Crippen LogP) is 2.18. The number of phosphoric ester groups is 1. The van der Waals surface area contributed by atoms with E-state index in [4.69, 9.17) is 25.0 Å². The van der Waals surface area contributed by atoms with Crippen molar-refractivity contribution in [2.75, 3.05) is 26.3 Å². The number of H-pyrrole nitrogens is 1. The number of primary amides is 1. The third-order valence-corrected chi connectivity index (χ3v) is 10.4. The van der Waals surface area contributed by atoms with Crippen LogP contribution in [0.1, 0.15) is 105 Å². The maximum atomic E-state index is 14.0. The largest absolute Gasteiger partial charge is 0.469 e. The molecule has 0 bridgehead atoms. The molecule has 0 saturated carbocycles. The molecule has 0 spiro atoms. The number of imidazole rings is 1. The molecule has 1 aromatic carbocycles. The van der Waals surface area contributed by atoms with Crippen molar-refractivity contribution in [3.63, 3.8) is 0 Å². The molecule has 0 aliphatic rings. The number of hydrogen-bond donors (Lipinski definition) is 8. The van der Waals surface area contributed by atoms with Gasteiger partial charge in [0, 0.05) is 24.9 Å². The van der Waals surface area contributed by atoms with E-state index in [-0.39, 0.29) is 55.9 Å². The fourth-order valence-corrected chi connectivity index (χ4v) is 6.97. The first-order valence-corrected chi connectivity index (χ1v) is 23.2. The number of aromatic nitrogens is 2. The number of aryl methyl sites for hydroxylation is 1. The molecule has 1 aromatic heterocycles. The Morgan fingerprint density at radius 3 is 2.12 bits per heavy atom. The van der Waals surface area contributed by atoms with E-state index >= 15 is 0 Å². The number of amides is 6. The van der Waals surface area contributed by atoms with Gasteiger partial charge < -0.3 is 56.1 Å². The lowest BCUT2D eigenvalue weighted by Gasteiger charge is -2.27. The van der Waals surface area contributed by atoms with Gasteiger partial charge in [-0.2, -0.15) is 0 Å². The summed E-state index contributed by atoms with van der Waals surface area (Å²) >= 11 is 0. The Hall–Kier alpha value is -4.72. The Balaban J connectivity index is 2.17. The first-order chi connectivity index (χ1) is 29.9. The quantitative estimate of drug-likeness (QED) is 0.0413. The van der Waals surface area contributed by atoms with Crippen molar-refractivity contribution in [1.29, 1.82) is 0 Å². The summed E-state index contributed by atoms with van der Waals surface area (Å²) in [5.41, 5.74) is 6.70. The number of nitrogens with zero attached hydrogens (tertiary/aromatic N) is 2. The van der Waals surface area contributed by atoms with Crippen molar-refractivity contribution >= 4 is 43.3 Å². The average Bonchev–Trinajstić information content (AvgIpc) is 3.71. The molecule has 360 valence electrons. The molecule has 21 heteroatoms. The van der Waals surface area contributed by atoms with Gasteiger partial charge in [0.05, 0.1) is 50.3 Å². The minimum absolute atomic E-state index is 0.0290. The smallest absolute Gasteiger partial charge is 0.376 e. The van der Waals surface area contributed by atoms with Crippen LogP contribution in [0, 0.1) is 5.92 Å². The van der Waals surface area contributed by atoms with Crippen LogP contribution in [0.4, 0.5) is 0 Å². The molecule has 9 N–H and O–H groups in total. The summed E-state index contributed by atoms with van der Waals surface area (Å²) in [6.45, 7) is 14.3. The van der Waals surface area contributed by atoms with E-state index in [2.05, 4.69) is 47.9 Å². The van der Waals surface area contributed by atoms with Gasteiger partial charge in [0.25, 0.3) is 0 Å². The van der Waals surface area contributed by atoms with Gasteiger partial charge in [0.15, 0.2) is 0 Å². The van der Waals surface area contributed by atoms with Crippen LogP contribution in [-0.4, -0.2) is 128 Å².